The van der Waals surface area contributed by atoms with E-state index >= 15 is 0 Å². The molecule has 58 valence electrons. The van der Waals surface area contributed by atoms with E-state index in [0.717, 1.165) is 24.7 Å². The Kier molecular flexibility index (Phi) is 1.69. The predicted octanol–water partition coefficient (Wildman–Crippen LogP) is 1.95. The van der Waals surface area contributed by atoms with E-state index < -0.39 is 0 Å². The van der Waals surface area contributed by atoms with Crippen molar-refractivity contribution in [3.8, 4) is 0 Å². The van der Waals surface area contributed by atoms with Gasteiger partial charge in [0.15, 0.2) is 0 Å². The summed E-state index contributed by atoms with van der Waals surface area (Å²) in [5, 5.41) is 9.35. The second kappa shape index (κ2) is 2.54. The Labute approximate surface area is 62.4 Å². The zero-order valence-electron chi connectivity index (χ0n) is 6.42. The molecule has 0 saturated heterocycles. The van der Waals surface area contributed by atoms with Gasteiger partial charge in [0.1, 0.15) is 0 Å². The summed E-state index contributed by atoms with van der Waals surface area (Å²) in [5.41, 5.74) is 0. The summed E-state index contributed by atoms with van der Waals surface area (Å²) in [7, 11) is 0. The maximum atomic E-state index is 9.35. The maximum absolute atomic E-state index is 9.35. The van der Waals surface area contributed by atoms with Crippen LogP contribution in [0, 0.1) is 11.8 Å². The first kappa shape index (κ1) is 6.66. The quantitative estimate of drug-likeness (QED) is 0.545. The van der Waals surface area contributed by atoms with Crippen LogP contribution >= 0.6 is 0 Å². The van der Waals surface area contributed by atoms with Gasteiger partial charge in [-0.05, 0) is 37.5 Å². The van der Waals surface area contributed by atoms with Gasteiger partial charge >= 0.3 is 0 Å². The largest absolute Gasteiger partial charge is 0.393 e. The van der Waals surface area contributed by atoms with Gasteiger partial charge in [-0.15, -0.1) is 0 Å². The Bertz CT molecular complexity index is 120. The normalized spacial score (nSPS) is 47.1. The van der Waals surface area contributed by atoms with Crippen LogP contribution in [0.5, 0.6) is 0 Å². The summed E-state index contributed by atoms with van der Waals surface area (Å²) in [5.74, 6) is 2.07. The van der Waals surface area contributed by atoms with Crippen molar-refractivity contribution >= 4 is 0 Å². The third-order valence-electron chi connectivity index (χ3n) is 3.05. The fourth-order valence-corrected chi connectivity index (χ4v) is 2.18. The first-order chi connectivity index (χ1) is 4.86. The van der Waals surface area contributed by atoms with E-state index in [4.69, 9.17) is 0 Å². The Morgan fingerprint density at radius 3 is 2.60 bits per heavy atom. The monoisotopic (exact) mass is 140 g/mol. The second-order valence-electron chi connectivity index (χ2n) is 3.92. The van der Waals surface area contributed by atoms with Crippen molar-refractivity contribution in [3.63, 3.8) is 0 Å². The van der Waals surface area contributed by atoms with Crippen LogP contribution < -0.4 is 0 Å². The van der Waals surface area contributed by atoms with E-state index in [1.807, 2.05) is 0 Å². The first-order valence-electron chi connectivity index (χ1n) is 4.54. The lowest BCUT2D eigenvalue weighted by molar-refractivity contribution is 0.140. The van der Waals surface area contributed by atoms with Gasteiger partial charge in [0, 0.05) is 0 Å². The van der Waals surface area contributed by atoms with Crippen molar-refractivity contribution in [1.29, 1.82) is 0 Å². The van der Waals surface area contributed by atoms with E-state index in [1.54, 1.807) is 0 Å². The molecule has 2 aliphatic rings. The molecule has 2 saturated carbocycles. The van der Waals surface area contributed by atoms with E-state index in [2.05, 4.69) is 0 Å². The van der Waals surface area contributed by atoms with Crippen molar-refractivity contribution in [2.45, 2.75) is 44.6 Å². The van der Waals surface area contributed by atoms with Gasteiger partial charge in [-0.25, -0.2) is 0 Å². The molecule has 0 aromatic heterocycles. The van der Waals surface area contributed by atoms with Crippen molar-refractivity contribution < 1.29 is 5.11 Å². The van der Waals surface area contributed by atoms with Gasteiger partial charge in [-0.1, -0.05) is 12.8 Å². The summed E-state index contributed by atoms with van der Waals surface area (Å²) in [6.07, 6.45) is 7.58. The molecule has 0 amide bonds. The molecule has 0 unspecified atom stereocenters. The van der Waals surface area contributed by atoms with Crippen LogP contribution in [0.25, 0.3) is 0 Å². The third-order valence-corrected chi connectivity index (χ3v) is 3.05. The highest BCUT2D eigenvalue weighted by atomic mass is 16.3. The SMILES string of the molecule is O[C@@H]1CCC[C@H]2C[C@@H]2CC1. The predicted molar refractivity (Wildman–Crippen MR) is 40.7 cm³/mol. The molecule has 1 nitrogen and oxygen atoms in total. The van der Waals surface area contributed by atoms with E-state index in [1.165, 1.54) is 25.7 Å². The number of rotatable bonds is 0. The van der Waals surface area contributed by atoms with Gasteiger partial charge in [-0.3, -0.25) is 0 Å². The lowest BCUT2D eigenvalue weighted by Crippen LogP contribution is -2.08. The molecule has 0 aliphatic heterocycles. The smallest absolute Gasteiger partial charge is 0.0540 e. The highest BCUT2D eigenvalue weighted by molar-refractivity contribution is 4.88. The van der Waals surface area contributed by atoms with Gasteiger partial charge in [-0.2, -0.15) is 0 Å². The number of fused-ring (bicyclic) bond motifs is 1. The number of hydrogen-bond acceptors (Lipinski definition) is 1. The van der Waals surface area contributed by atoms with Gasteiger partial charge in [0.25, 0.3) is 0 Å². The van der Waals surface area contributed by atoms with Crippen LogP contribution in [0.4, 0.5) is 0 Å². The van der Waals surface area contributed by atoms with Crippen LogP contribution in [0.1, 0.15) is 38.5 Å². The molecule has 0 aromatic carbocycles. The lowest BCUT2D eigenvalue weighted by Gasteiger charge is -2.12. The highest BCUT2D eigenvalue weighted by Crippen LogP contribution is 2.47. The number of aliphatic hydroxyl groups excluding tert-OH is 1. The summed E-state index contributed by atoms with van der Waals surface area (Å²) < 4.78 is 0. The zero-order valence-corrected chi connectivity index (χ0v) is 6.42. The summed E-state index contributed by atoms with van der Waals surface area (Å²) in [6.45, 7) is 0. The van der Waals surface area contributed by atoms with Crippen LogP contribution in [0.2, 0.25) is 0 Å². The number of aliphatic hydroxyl groups is 1. The average Bonchev–Trinajstić information content (AvgIpc) is 2.59. The van der Waals surface area contributed by atoms with Crippen LogP contribution in [0.15, 0.2) is 0 Å². The summed E-state index contributed by atoms with van der Waals surface area (Å²) >= 11 is 0. The molecule has 2 fully saturated rings. The van der Waals surface area contributed by atoms with Gasteiger partial charge in [0.05, 0.1) is 6.10 Å². The minimum absolute atomic E-state index is 0.0292. The molecule has 2 rings (SSSR count). The molecule has 1 N–H and O–H groups in total. The van der Waals surface area contributed by atoms with Crippen molar-refractivity contribution in [2.75, 3.05) is 0 Å². The molecule has 0 spiro atoms. The topological polar surface area (TPSA) is 20.2 Å². The van der Waals surface area contributed by atoms with Crippen LogP contribution in [-0.4, -0.2) is 11.2 Å². The molecule has 2 aliphatic carbocycles. The van der Waals surface area contributed by atoms with Crippen LogP contribution in [-0.2, 0) is 0 Å². The van der Waals surface area contributed by atoms with Crippen LogP contribution in [0.3, 0.4) is 0 Å². The Balaban J connectivity index is 1.83. The first-order valence-corrected chi connectivity index (χ1v) is 4.54. The van der Waals surface area contributed by atoms with E-state index in [9.17, 15) is 5.11 Å². The molecule has 0 aromatic rings. The second-order valence-corrected chi connectivity index (χ2v) is 3.92. The Morgan fingerprint density at radius 2 is 1.70 bits per heavy atom. The van der Waals surface area contributed by atoms with Crippen molar-refractivity contribution in [1.82, 2.24) is 0 Å². The fraction of sp³-hybridized carbons (Fsp3) is 1.00. The van der Waals surface area contributed by atoms with Crippen molar-refractivity contribution in [3.05, 3.63) is 0 Å². The van der Waals surface area contributed by atoms with Gasteiger partial charge < -0.3 is 5.11 Å². The minimum atomic E-state index is 0.0292. The maximum Gasteiger partial charge on any atom is 0.0540 e. The molecule has 0 bridgehead atoms. The average molecular weight is 140 g/mol. The summed E-state index contributed by atoms with van der Waals surface area (Å²) in [4.78, 5) is 0. The fourth-order valence-electron chi connectivity index (χ4n) is 2.18. The molecule has 0 heterocycles. The molecular formula is C9H16O. The van der Waals surface area contributed by atoms with E-state index in [0.29, 0.717) is 0 Å². The lowest BCUT2D eigenvalue weighted by atomic mass is 9.99. The standard InChI is InChI=1S/C9H16O/c10-9-3-1-2-7-6-8(7)4-5-9/h7-10H,1-6H2/t7-,8-,9+/m0/s1. The Hall–Kier alpha value is -0.0400. The van der Waals surface area contributed by atoms with Gasteiger partial charge in [0.2, 0.25) is 0 Å². The third kappa shape index (κ3) is 1.34. The number of hydrogen-bond donors (Lipinski definition) is 1. The molecule has 0 radical (unpaired) electrons. The molecule has 10 heavy (non-hydrogen) atoms. The highest BCUT2D eigenvalue weighted by Gasteiger charge is 2.37. The minimum Gasteiger partial charge on any atom is -0.393 e. The van der Waals surface area contributed by atoms with Crippen molar-refractivity contribution in [2.24, 2.45) is 11.8 Å². The summed E-state index contributed by atoms with van der Waals surface area (Å²) in [6, 6.07) is 0. The Morgan fingerprint density at radius 1 is 0.900 bits per heavy atom. The molecule has 3 atom stereocenters. The zero-order chi connectivity index (χ0) is 6.97. The molecular weight excluding hydrogens is 124 g/mol. The van der Waals surface area contributed by atoms with E-state index in [-0.39, 0.29) is 6.10 Å². The molecule has 1 heteroatoms.